The molecule has 1 atom stereocenters. The van der Waals surface area contributed by atoms with E-state index >= 15 is 0 Å². The smallest absolute Gasteiger partial charge is 0.328 e. The van der Waals surface area contributed by atoms with Gasteiger partial charge in [-0.2, -0.15) is 0 Å². The molecule has 2 amide bonds. The van der Waals surface area contributed by atoms with E-state index in [0.29, 0.717) is 25.3 Å². The van der Waals surface area contributed by atoms with Gasteiger partial charge < -0.3 is 15.3 Å². The number of amides is 2. The van der Waals surface area contributed by atoms with Crippen LogP contribution in [0, 0.1) is 5.92 Å². The number of rotatable bonds is 9. The second kappa shape index (κ2) is 12.0. The van der Waals surface area contributed by atoms with Crippen LogP contribution in [0.15, 0.2) is 30.3 Å². The molecule has 1 aromatic rings. The number of nitrogens with zero attached hydrogens (tertiary/aromatic N) is 2. The van der Waals surface area contributed by atoms with E-state index in [0.717, 1.165) is 56.1 Å². The van der Waals surface area contributed by atoms with Gasteiger partial charge in [-0.25, -0.2) is 4.79 Å². The van der Waals surface area contributed by atoms with Crippen LogP contribution in [0.25, 0.3) is 6.08 Å². The highest BCUT2D eigenvalue weighted by Crippen LogP contribution is 2.36. The lowest BCUT2D eigenvalue weighted by atomic mass is 9.79. The van der Waals surface area contributed by atoms with Crippen molar-refractivity contribution < 1.29 is 19.5 Å². The number of hydrogen-bond acceptors (Lipinski definition) is 4. The molecule has 36 heavy (non-hydrogen) atoms. The zero-order chi connectivity index (χ0) is 25.5. The Labute approximate surface area is 214 Å². The molecule has 3 aliphatic rings. The van der Waals surface area contributed by atoms with E-state index in [4.69, 9.17) is 5.11 Å². The van der Waals surface area contributed by atoms with Crippen molar-refractivity contribution in [1.82, 2.24) is 15.1 Å². The molecular formula is C29H41N3O4. The number of piperidine rings is 1. The van der Waals surface area contributed by atoms with Crippen LogP contribution in [0.1, 0.15) is 82.3 Å². The van der Waals surface area contributed by atoms with E-state index in [1.807, 2.05) is 29.2 Å². The van der Waals surface area contributed by atoms with Crippen molar-refractivity contribution in [3.63, 3.8) is 0 Å². The Morgan fingerprint density at radius 2 is 1.81 bits per heavy atom. The van der Waals surface area contributed by atoms with Gasteiger partial charge in [0.1, 0.15) is 11.6 Å². The van der Waals surface area contributed by atoms with Gasteiger partial charge in [-0.3, -0.25) is 14.5 Å². The topological polar surface area (TPSA) is 90.0 Å². The van der Waals surface area contributed by atoms with Gasteiger partial charge in [0, 0.05) is 32.3 Å². The first-order chi connectivity index (χ1) is 17.4. The maximum atomic E-state index is 13.7. The monoisotopic (exact) mass is 495 g/mol. The third kappa shape index (κ3) is 6.17. The SMILES string of the molecule is CCCCN1C(=O)[C@H](CC2CCCCC2)NC(=O)C12CCN(Cc1ccc(/C=C/C(=O)O)cc1)CC2. The normalized spacial score (nSPS) is 23.4. The molecule has 2 aliphatic heterocycles. The number of carboxylic acids is 1. The van der Waals surface area contributed by atoms with Crippen LogP contribution in [-0.4, -0.2) is 63.9 Å². The van der Waals surface area contributed by atoms with Gasteiger partial charge in [0.25, 0.3) is 0 Å². The quantitative estimate of drug-likeness (QED) is 0.501. The highest BCUT2D eigenvalue weighted by atomic mass is 16.4. The van der Waals surface area contributed by atoms with Crippen molar-refractivity contribution in [3.05, 3.63) is 41.5 Å². The minimum atomic E-state index is -0.958. The first-order valence-electron chi connectivity index (χ1n) is 13.8. The summed E-state index contributed by atoms with van der Waals surface area (Å²) in [7, 11) is 0. The summed E-state index contributed by atoms with van der Waals surface area (Å²) in [5.74, 6) is -0.233. The van der Waals surface area contributed by atoms with Gasteiger partial charge in [0.05, 0.1) is 0 Å². The summed E-state index contributed by atoms with van der Waals surface area (Å²) in [5, 5.41) is 12.0. The van der Waals surface area contributed by atoms with Gasteiger partial charge in [-0.05, 0) is 48.8 Å². The van der Waals surface area contributed by atoms with E-state index < -0.39 is 11.5 Å². The van der Waals surface area contributed by atoms with Crippen LogP contribution in [-0.2, 0) is 20.9 Å². The lowest BCUT2D eigenvalue weighted by Crippen LogP contribution is -2.73. The van der Waals surface area contributed by atoms with E-state index in [-0.39, 0.29) is 17.9 Å². The molecule has 7 nitrogen and oxygen atoms in total. The number of unbranched alkanes of at least 4 members (excludes halogenated alkanes) is 1. The molecule has 0 unspecified atom stereocenters. The lowest BCUT2D eigenvalue weighted by molar-refractivity contribution is -0.162. The summed E-state index contributed by atoms with van der Waals surface area (Å²) in [6.07, 6.45) is 12.8. The molecule has 0 aromatic heterocycles. The number of piperazine rings is 1. The van der Waals surface area contributed by atoms with Gasteiger partial charge >= 0.3 is 5.97 Å². The Morgan fingerprint density at radius 1 is 1.11 bits per heavy atom. The summed E-state index contributed by atoms with van der Waals surface area (Å²) < 4.78 is 0. The van der Waals surface area contributed by atoms with Gasteiger partial charge in [-0.1, -0.05) is 69.7 Å². The molecule has 1 spiro atoms. The number of aliphatic carboxylic acids is 1. The Morgan fingerprint density at radius 3 is 2.44 bits per heavy atom. The predicted molar refractivity (Wildman–Crippen MR) is 140 cm³/mol. The molecular weight excluding hydrogens is 454 g/mol. The van der Waals surface area contributed by atoms with Gasteiger partial charge in [0.2, 0.25) is 11.8 Å². The zero-order valence-corrected chi connectivity index (χ0v) is 21.6. The van der Waals surface area contributed by atoms with Crippen molar-refractivity contribution in [2.75, 3.05) is 19.6 Å². The third-order valence-electron chi connectivity index (χ3n) is 8.33. The lowest BCUT2D eigenvalue weighted by Gasteiger charge is -2.52. The van der Waals surface area contributed by atoms with E-state index in [9.17, 15) is 14.4 Å². The second-order valence-electron chi connectivity index (χ2n) is 10.8. The maximum absolute atomic E-state index is 13.7. The summed E-state index contributed by atoms with van der Waals surface area (Å²) in [6.45, 7) is 5.09. The largest absolute Gasteiger partial charge is 0.478 e. The maximum Gasteiger partial charge on any atom is 0.328 e. The molecule has 4 rings (SSSR count). The van der Waals surface area contributed by atoms with Crippen LogP contribution in [0.5, 0.6) is 0 Å². The molecule has 1 aromatic carbocycles. The van der Waals surface area contributed by atoms with Crippen LogP contribution < -0.4 is 5.32 Å². The fraction of sp³-hybridized carbons (Fsp3) is 0.621. The number of hydrogen-bond donors (Lipinski definition) is 2. The molecule has 1 saturated carbocycles. The minimum Gasteiger partial charge on any atom is -0.478 e. The molecule has 2 N–H and O–H groups in total. The van der Waals surface area contributed by atoms with Crippen molar-refractivity contribution >= 4 is 23.9 Å². The predicted octanol–water partition coefficient (Wildman–Crippen LogP) is 4.22. The van der Waals surface area contributed by atoms with Crippen LogP contribution in [0.3, 0.4) is 0 Å². The first kappa shape index (κ1) is 26.4. The Balaban J connectivity index is 1.39. The minimum absolute atomic E-state index is 0.0493. The molecule has 2 heterocycles. The summed E-state index contributed by atoms with van der Waals surface area (Å²) in [5.41, 5.74) is 1.28. The molecule has 7 heteroatoms. The summed E-state index contributed by atoms with van der Waals surface area (Å²) in [6, 6.07) is 7.52. The van der Waals surface area contributed by atoms with Gasteiger partial charge in [0.15, 0.2) is 0 Å². The Hall–Kier alpha value is -2.67. The van der Waals surface area contributed by atoms with Gasteiger partial charge in [-0.15, -0.1) is 0 Å². The van der Waals surface area contributed by atoms with Crippen molar-refractivity contribution in [2.45, 2.75) is 89.3 Å². The molecule has 3 fully saturated rings. The molecule has 0 radical (unpaired) electrons. The van der Waals surface area contributed by atoms with Crippen LogP contribution in [0.2, 0.25) is 0 Å². The standard InChI is InChI=1S/C29H41N3O4/c1-2-3-17-32-27(35)25(20-23-7-5-4-6-8-23)30-28(36)29(32)15-18-31(19-16-29)21-24-11-9-22(10-12-24)13-14-26(33)34/h9-14,23,25H,2-8,15-21H2,1H3,(H,30,36)(H,33,34)/b14-13+/t25-/m0/s1. The number of benzene rings is 1. The fourth-order valence-corrected chi connectivity index (χ4v) is 6.17. The number of carbonyl (C=O) groups is 3. The molecule has 0 bridgehead atoms. The van der Waals surface area contributed by atoms with Crippen molar-refractivity contribution in [2.24, 2.45) is 5.92 Å². The first-order valence-corrected chi connectivity index (χ1v) is 13.8. The van der Waals surface area contributed by atoms with E-state index in [2.05, 4.69) is 17.1 Å². The highest BCUT2D eigenvalue weighted by molar-refractivity contribution is 6.00. The second-order valence-corrected chi connectivity index (χ2v) is 10.8. The van der Waals surface area contributed by atoms with Crippen molar-refractivity contribution in [1.29, 1.82) is 0 Å². The van der Waals surface area contributed by atoms with Crippen LogP contribution in [0.4, 0.5) is 0 Å². The third-order valence-corrected chi connectivity index (χ3v) is 8.33. The van der Waals surface area contributed by atoms with Crippen molar-refractivity contribution in [3.8, 4) is 0 Å². The average Bonchev–Trinajstić information content (AvgIpc) is 2.88. The van der Waals surface area contributed by atoms with E-state index in [1.54, 1.807) is 6.08 Å². The molecule has 196 valence electrons. The Kier molecular flexibility index (Phi) is 8.83. The van der Waals surface area contributed by atoms with E-state index in [1.165, 1.54) is 32.1 Å². The number of carbonyl (C=O) groups excluding carboxylic acids is 2. The summed E-state index contributed by atoms with van der Waals surface area (Å²) in [4.78, 5) is 42.3. The molecule has 2 saturated heterocycles. The number of likely N-dealkylation sites (tertiary alicyclic amines) is 1. The highest BCUT2D eigenvalue weighted by Gasteiger charge is 2.53. The molecule has 1 aliphatic carbocycles. The average molecular weight is 496 g/mol. The number of carboxylic acid groups (broad SMARTS) is 1. The number of nitrogens with one attached hydrogen (secondary N) is 1. The fourth-order valence-electron chi connectivity index (χ4n) is 6.17. The Bertz CT molecular complexity index is 944. The summed E-state index contributed by atoms with van der Waals surface area (Å²) >= 11 is 0. The zero-order valence-electron chi connectivity index (χ0n) is 21.6. The van der Waals surface area contributed by atoms with Crippen LogP contribution >= 0.6 is 0 Å².